The van der Waals surface area contributed by atoms with Gasteiger partial charge in [-0.1, -0.05) is 11.6 Å². The Bertz CT molecular complexity index is 526. The van der Waals surface area contributed by atoms with E-state index in [0.717, 1.165) is 5.56 Å². The van der Waals surface area contributed by atoms with E-state index in [1.807, 2.05) is 5.32 Å². The Morgan fingerprint density at radius 3 is 2.60 bits per heavy atom. The predicted octanol–water partition coefficient (Wildman–Crippen LogP) is 1.34. The van der Waals surface area contributed by atoms with E-state index in [1.165, 1.54) is 12.1 Å². The second kappa shape index (κ2) is 7.13. The predicted molar refractivity (Wildman–Crippen MR) is 68.8 cm³/mol. The number of aromatic carboxylic acids is 1. The molecule has 2 N–H and O–H groups in total. The molecule has 0 saturated carbocycles. The highest BCUT2D eigenvalue weighted by atomic mass is 16.5. The number of aryl methyl sites for hydroxylation is 1. The normalized spacial score (nSPS) is 9.70. The average molecular weight is 281 g/mol. The van der Waals surface area contributed by atoms with Crippen LogP contribution in [-0.2, 0) is 9.53 Å². The highest BCUT2D eigenvalue weighted by Gasteiger charge is 2.14. The molecule has 0 unspecified atom stereocenters. The largest absolute Gasteiger partial charge is 0.483 e. The molecule has 0 radical (unpaired) electrons. The van der Waals surface area contributed by atoms with Gasteiger partial charge in [0.25, 0.3) is 5.91 Å². The molecule has 7 heteroatoms. The van der Waals surface area contributed by atoms with E-state index in [1.54, 1.807) is 19.9 Å². The minimum Gasteiger partial charge on any atom is -0.483 e. The summed E-state index contributed by atoms with van der Waals surface area (Å²) >= 11 is 0. The van der Waals surface area contributed by atoms with Crippen LogP contribution in [0.5, 0.6) is 5.75 Å². The summed E-state index contributed by atoms with van der Waals surface area (Å²) < 4.78 is 9.62. The van der Waals surface area contributed by atoms with Crippen LogP contribution in [0.4, 0.5) is 4.79 Å². The van der Waals surface area contributed by atoms with Crippen LogP contribution in [-0.4, -0.2) is 36.3 Å². The number of ether oxygens (including phenoxy) is 2. The molecular weight excluding hydrogens is 266 g/mol. The first kappa shape index (κ1) is 15.5. The Morgan fingerprint density at radius 1 is 1.30 bits per heavy atom. The van der Waals surface area contributed by atoms with E-state index >= 15 is 0 Å². The molecule has 0 heterocycles. The Labute approximate surface area is 115 Å². The van der Waals surface area contributed by atoms with E-state index in [2.05, 4.69) is 4.74 Å². The summed E-state index contributed by atoms with van der Waals surface area (Å²) in [5.41, 5.74) is 0.708. The number of benzene rings is 1. The van der Waals surface area contributed by atoms with E-state index in [0.29, 0.717) is 0 Å². The molecule has 0 fully saturated rings. The van der Waals surface area contributed by atoms with E-state index < -0.39 is 24.6 Å². The van der Waals surface area contributed by atoms with Crippen molar-refractivity contribution in [3.05, 3.63) is 29.3 Å². The molecule has 0 aliphatic rings. The third kappa shape index (κ3) is 4.60. The summed E-state index contributed by atoms with van der Waals surface area (Å²) in [6.45, 7) is 3.00. The molecule has 2 amide bonds. The number of carbonyl (C=O) groups is 3. The second-order valence-corrected chi connectivity index (χ2v) is 3.86. The molecule has 7 nitrogen and oxygen atoms in total. The zero-order chi connectivity index (χ0) is 15.1. The van der Waals surface area contributed by atoms with Crippen LogP contribution in [0.3, 0.4) is 0 Å². The molecule has 0 saturated heterocycles. The molecule has 1 aromatic rings. The summed E-state index contributed by atoms with van der Waals surface area (Å²) in [4.78, 5) is 33.4. The van der Waals surface area contributed by atoms with Gasteiger partial charge in [-0.3, -0.25) is 10.1 Å². The van der Waals surface area contributed by atoms with Gasteiger partial charge in [-0.05, 0) is 26.0 Å². The maximum Gasteiger partial charge on any atom is 0.413 e. The van der Waals surface area contributed by atoms with Gasteiger partial charge in [0.2, 0.25) is 0 Å². The Balaban J connectivity index is 2.64. The molecule has 0 aromatic heterocycles. The standard InChI is InChI=1S/C13H15NO6/c1-3-19-13(18)14-11(15)7-20-10-5-4-8(2)6-9(10)12(16)17/h4-6H,3,7H2,1-2H3,(H,16,17)(H,14,15,18). The first-order chi connectivity index (χ1) is 9.43. The Hall–Kier alpha value is -2.57. The highest BCUT2D eigenvalue weighted by Crippen LogP contribution is 2.19. The van der Waals surface area contributed by atoms with Gasteiger partial charge in [-0.2, -0.15) is 0 Å². The van der Waals surface area contributed by atoms with Crippen molar-refractivity contribution in [1.29, 1.82) is 0 Å². The summed E-state index contributed by atoms with van der Waals surface area (Å²) in [7, 11) is 0. The first-order valence-electron chi connectivity index (χ1n) is 5.87. The first-order valence-corrected chi connectivity index (χ1v) is 5.87. The number of carboxylic acid groups (broad SMARTS) is 1. The second-order valence-electron chi connectivity index (χ2n) is 3.86. The van der Waals surface area contributed by atoms with E-state index in [9.17, 15) is 14.4 Å². The molecule has 108 valence electrons. The molecular formula is C13H15NO6. The van der Waals surface area contributed by atoms with Gasteiger partial charge in [0.05, 0.1) is 6.61 Å². The van der Waals surface area contributed by atoms with Gasteiger partial charge in [-0.25, -0.2) is 9.59 Å². The monoisotopic (exact) mass is 281 g/mol. The fourth-order valence-corrected chi connectivity index (χ4v) is 1.40. The number of carbonyl (C=O) groups excluding carboxylic acids is 2. The number of rotatable bonds is 5. The lowest BCUT2D eigenvalue weighted by atomic mass is 10.1. The lowest BCUT2D eigenvalue weighted by molar-refractivity contribution is -0.122. The number of amides is 2. The Kier molecular flexibility index (Phi) is 5.52. The van der Waals surface area contributed by atoms with Crippen molar-refractivity contribution in [1.82, 2.24) is 5.32 Å². The van der Waals surface area contributed by atoms with Gasteiger partial charge in [0, 0.05) is 0 Å². The average Bonchev–Trinajstić information content (AvgIpc) is 2.37. The summed E-state index contributed by atoms with van der Waals surface area (Å²) in [5.74, 6) is -1.82. The minimum atomic E-state index is -1.16. The van der Waals surface area contributed by atoms with Crippen molar-refractivity contribution in [3.8, 4) is 5.75 Å². The third-order valence-corrected chi connectivity index (χ3v) is 2.24. The quantitative estimate of drug-likeness (QED) is 0.844. The summed E-state index contributed by atoms with van der Waals surface area (Å²) in [6, 6.07) is 4.54. The van der Waals surface area contributed by atoms with Crippen molar-refractivity contribution in [3.63, 3.8) is 0 Å². The molecule has 0 spiro atoms. The number of hydrogen-bond donors (Lipinski definition) is 2. The molecule has 0 aliphatic carbocycles. The third-order valence-electron chi connectivity index (χ3n) is 2.24. The number of carboxylic acids is 1. The molecule has 1 aromatic carbocycles. The van der Waals surface area contributed by atoms with Crippen molar-refractivity contribution in [2.45, 2.75) is 13.8 Å². The van der Waals surface area contributed by atoms with Crippen LogP contribution in [0.15, 0.2) is 18.2 Å². The maximum absolute atomic E-state index is 11.4. The zero-order valence-electron chi connectivity index (χ0n) is 11.1. The fourth-order valence-electron chi connectivity index (χ4n) is 1.40. The van der Waals surface area contributed by atoms with Gasteiger partial charge in [0.15, 0.2) is 6.61 Å². The Morgan fingerprint density at radius 2 is 2.00 bits per heavy atom. The molecule has 0 bridgehead atoms. The maximum atomic E-state index is 11.4. The number of hydrogen-bond acceptors (Lipinski definition) is 5. The summed E-state index contributed by atoms with van der Waals surface area (Å²) in [5, 5.41) is 11.0. The van der Waals surface area contributed by atoms with Gasteiger partial charge >= 0.3 is 12.1 Å². The van der Waals surface area contributed by atoms with Crippen LogP contribution < -0.4 is 10.1 Å². The smallest absolute Gasteiger partial charge is 0.413 e. The van der Waals surface area contributed by atoms with Gasteiger partial charge in [0.1, 0.15) is 11.3 Å². The zero-order valence-corrected chi connectivity index (χ0v) is 11.1. The lowest BCUT2D eigenvalue weighted by Crippen LogP contribution is -2.34. The van der Waals surface area contributed by atoms with Crippen LogP contribution in [0, 0.1) is 6.92 Å². The van der Waals surface area contributed by atoms with Crippen molar-refractivity contribution < 1.29 is 29.0 Å². The fraction of sp³-hybridized carbons (Fsp3) is 0.308. The molecule has 0 atom stereocenters. The van der Waals surface area contributed by atoms with Crippen LogP contribution >= 0.6 is 0 Å². The molecule has 0 aliphatic heterocycles. The van der Waals surface area contributed by atoms with Crippen molar-refractivity contribution in [2.24, 2.45) is 0 Å². The number of nitrogens with one attached hydrogen (secondary N) is 1. The SMILES string of the molecule is CCOC(=O)NC(=O)COc1ccc(C)cc1C(=O)O. The molecule has 1 rings (SSSR count). The highest BCUT2D eigenvalue weighted by molar-refractivity contribution is 5.93. The lowest BCUT2D eigenvalue weighted by Gasteiger charge is -2.09. The van der Waals surface area contributed by atoms with E-state index in [4.69, 9.17) is 9.84 Å². The summed E-state index contributed by atoms with van der Waals surface area (Å²) in [6.07, 6.45) is -0.872. The van der Waals surface area contributed by atoms with Crippen molar-refractivity contribution >= 4 is 18.0 Å². The van der Waals surface area contributed by atoms with E-state index in [-0.39, 0.29) is 17.9 Å². The van der Waals surface area contributed by atoms with Gasteiger partial charge < -0.3 is 14.6 Å². The van der Waals surface area contributed by atoms with Crippen molar-refractivity contribution in [2.75, 3.05) is 13.2 Å². The van der Waals surface area contributed by atoms with Crippen LogP contribution in [0.1, 0.15) is 22.8 Å². The number of imide groups is 1. The van der Waals surface area contributed by atoms with Crippen LogP contribution in [0.25, 0.3) is 0 Å². The topological polar surface area (TPSA) is 102 Å². The van der Waals surface area contributed by atoms with Gasteiger partial charge in [-0.15, -0.1) is 0 Å². The number of alkyl carbamates (subject to hydrolysis) is 1. The molecule has 20 heavy (non-hydrogen) atoms. The minimum absolute atomic E-state index is 0.0473. The van der Waals surface area contributed by atoms with Crippen LogP contribution in [0.2, 0.25) is 0 Å².